The minimum Gasteiger partial charge on any atom is -0.352 e. The number of hydrogen-bond acceptors (Lipinski definition) is 4. The quantitative estimate of drug-likeness (QED) is 0.527. The summed E-state index contributed by atoms with van der Waals surface area (Å²) in [4.78, 5) is 43.3. The Morgan fingerprint density at radius 2 is 1.80 bits per heavy atom. The highest BCUT2D eigenvalue weighted by Gasteiger charge is 2.69. The van der Waals surface area contributed by atoms with Gasteiger partial charge in [0.05, 0.1) is 18.0 Å². The van der Waals surface area contributed by atoms with Crippen LogP contribution in [0.4, 0.5) is 15.8 Å². The molecule has 0 bridgehead atoms. The zero-order valence-electron chi connectivity index (χ0n) is 18.7. The van der Waals surface area contributed by atoms with Gasteiger partial charge < -0.3 is 10.2 Å². The lowest BCUT2D eigenvalue weighted by Crippen LogP contribution is -2.51. The van der Waals surface area contributed by atoms with Gasteiger partial charge in [-0.15, -0.1) is 0 Å². The monoisotopic (exact) mass is 486 g/mol. The summed E-state index contributed by atoms with van der Waals surface area (Å²) in [7, 11) is 0. The van der Waals surface area contributed by atoms with Crippen LogP contribution in [-0.2, 0) is 15.0 Å². The van der Waals surface area contributed by atoms with Crippen molar-refractivity contribution in [1.29, 1.82) is 0 Å². The second-order valence-corrected chi connectivity index (χ2v) is 9.62. The highest BCUT2D eigenvalue weighted by molar-refractivity contribution is 6.31. The van der Waals surface area contributed by atoms with E-state index in [0.717, 1.165) is 11.3 Å². The molecular formula is C28H20ClFN2O3. The molecular weight excluding hydrogens is 467 g/mol. The van der Waals surface area contributed by atoms with Crippen molar-refractivity contribution in [2.75, 3.05) is 10.2 Å². The molecule has 1 saturated heterocycles. The number of amides is 1. The van der Waals surface area contributed by atoms with E-state index in [0.29, 0.717) is 16.3 Å². The Labute approximate surface area is 206 Å². The molecule has 4 atom stereocenters. The molecule has 35 heavy (non-hydrogen) atoms. The molecule has 6 rings (SSSR count). The number of Topliss-reactive ketones (excluding diaryl/α,β-unsaturated/α-hetero) is 2. The molecule has 1 fully saturated rings. The van der Waals surface area contributed by atoms with E-state index in [2.05, 4.69) is 5.32 Å². The zero-order chi connectivity index (χ0) is 24.5. The molecule has 1 N–H and O–H groups in total. The fourth-order valence-electron chi connectivity index (χ4n) is 6.10. The van der Waals surface area contributed by atoms with Crippen LogP contribution in [-0.4, -0.2) is 29.6 Å². The molecule has 7 heteroatoms. The average Bonchev–Trinajstić information content (AvgIpc) is 3.32. The third-order valence-corrected chi connectivity index (χ3v) is 7.66. The van der Waals surface area contributed by atoms with Crippen molar-refractivity contribution < 1.29 is 18.8 Å². The van der Waals surface area contributed by atoms with E-state index in [4.69, 9.17) is 11.6 Å². The Kier molecular flexibility index (Phi) is 4.73. The predicted octanol–water partition coefficient (Wildman–Crippen LogP) is 5.04. The van der Waals surface area contributed by atoms with Gasteiger partial charge in [0.15, 0.2) is 11.6 Å². The molecule has 1 amide bonds. The van der Waals surface area contributed by atoms with E-state index in [-0.39, 0.29) is 23.0 Å². The second-order valence-electron chi connectivity index (χ2n) is 9.19. The lowest BCUT2D eigenvalue weighted by molar-refractivity contribution is -0.122. The van der Waals surface area contributed by atoms with Crippen LogP contribution in [0.2, 0.25) is 5.02 Å². The Morgan fingerprint density at radius 1 is 1.06 bits per heavy atom. The average molecular weight is 487 g/mol. The first-order chi connectivity index (χ1) is 16.8. The van der Waals surface area contributed by atoms with E-state index >= 15 is 0 Å². The second kappa shape index (κ2) is 7.62. The summed E-state index contributed by atoms with van der Waals surface area (Å²) in [5.74, 6) is -2.46. The number of para-hydroxylation sites is 1. The topological polar surface area (TPSA) is 66.5 Å². The van der Waals surface area contributed by atoms with Gasteiger partial charge in [0.25, 0.3) is 0 Å². The third kappa shape index (κ3) is 2.89. The molecule has 3 aliphatic rings. The van der Waals surface area contributed by atoms with Gasteiger partial charge in [0.1, 0.15) is 11.2 Å². The number of carbonyl (C=O) groups excluding carboxylic acids is 3. The summed E-state index contributed by atoms with van der Waals surface area (Å²) in [6, 6.07) is 16.4. The van der Waals surface area contributed by atoms with Gasteiger partial charge in [-0.3, -0.25) is 14.4 Å². The maximum absolute atomic E-state index is 14.2. The minimum absolute atomic E-state index is 0.235. The van der Waals surface area contributed by atoms with Crippen LogP contribution < -0.4 is 10.2 Å². The van der Waals surface area contributed by atoms with Gasteiger partial charge in [-0.1, -0.05) is 42.0 Å². The number of rotatable bonds is 3. The number of hydrogen-bond donors (Lipinski definition) is 1. The summed E-state index contributed by atoms with van der Waals surface area (Å²) in [5.41, 5.74) is 1.72. The Bertz CT molecular complexity index is 1450. The summed E-state index contributed by atoms with van der Waals surface area (Å²) in [6.07, 6.45) is 3.77. The third-order valence-electron chi connectivity index (χ3n) is 7.42. The molecule has 5 nitrogen and oxygen atoms in total. The van der Waals surface area contributed by atoms with E-state index in [1.165, 1.54) is 31.2 Å². The lowest BCUT2D eigenvalue weighted by Gasteiger charge is -2.37. The number of ketones is 2. The van der Waals surface area contributed by atoms with Gasteiger partial charge in [-0.2, -0.15) is 0 Å². The molecule has 0 radical (unpaired) electrons. The number of nitrogens with one attached hydrogen (secondary N) is 1. The molecule has 3 aliphatic heterocycles. The standard InChI is InChI=1S/C28H20ClFN2O3/c1-15(33)25-24(26(34)16-6-10-19(30)11-7-16)28(20-4-2-3-5-21(20)31-27(28)35)23-13-8-17-14-18(29)9-12-22(17)32(23)25/h2-14,23-25H,1H3,(H,31,35). The van der Waals surface area contributed by atoms with Gasteiger partial charge in [-0.05, 0) is 66.6 Å². The van der Waals surface area contributed by atoms with E-state index in [1.807, 2.05) is 41.3 Å². The smallest absolute Gasteiger partial charge is 0.238 e. The number of halogens is 2. The first kappa shape index (κ1) is 21.7. The summed E-state index contributed by atoms with van der Waals surface area (Å²) in [5, 5.41) is 3.50. The van der Waals surface area contributed by atoms with Crippen molar-refractivity contribution in [3.05, 3.63) is 100 Å². The largest absolute Gasteiger partial charge is 0.352 e. The highest BCUT2D eigenvalue weighted by atomic mass is 35.5. The van der Waals surface area contributed by atoms with Crippen molar-refractivity contribution in [3.8, 4) is 0 Å². The fraction of sp³-hybridized carbons (Fsp3) is 0.179. The van der Waals surface area contributed by atoms with E-state index in [9.17, 15) is 18.8 Å². The summed E-state index contributed by atoms with van der Waals surface area (Å²) in [6.45, 7) is 1.44. The van der Waals surface area contributed by atoms with Crippen molar-refractivity contribution >= 4 is 46.5 Å². The summed E-state index contributed by atoms with van der Waals surface area (Å²) < 4.78 is 13.7. The highest BCUT2D eigenvalue weighted by Crippen LogP contribution is 2.57. The van der Waals surface area contributed by atoms with E-state index < -0.39 is 29.2 Å². The van der Waals surface area contributed by atoms with Crippen molar-refractivity contribution in [1.82, 2.24) is 0 Å². The normalized spacial score (nSPS) is 25.7. The molecule has 0 aliphatic carbocycles. The Morgan fingerprint density at radius 3 is 2.54 bits per heavy atom. The van der Waals surface area contributed by atoms with Crippen LogP contribution in [0.15, 0.2) is 72.8 Å². The van der Waals surface area contributed by atoms with Crippen LogP contribution in [0.3, 0.4) is 0 Å². The minimum atomic E-state index is -1.35. The maximum atomic E-state index is 14.2. The van der Waals surface area contributed by atoms with Crippen LogP contribution in [0, 0.1) is 11.7 Å². The zero-order valence-corrected chi connectivity index (χ0v) is 19.4. The van der Waals surface area contributed by atoms with Crippen LogP contribution in [0.1, 0.15) is 28.4 Å². The fourth-order valence-corrected chi connectivity index (χ4v) is 6.28. The van der Waals surface area contributed by atoms with Gasteiger partial charge in [0.2, 0.25) is 5.91 Å². The first-order valence-electron chi connectivity index (χ1n) is 11.3. The van der Waals surface area contributed by atoms with Crippen molar-refractivity contribution in [2.24, 2.45) is 5.92 Å². The molecule has 1 spiro atoms. The molecule has 3 heterocycles. The SMILES string of the molecule is CC(=O)C1C(C(=O)c2ccc(F)cc2)C2(C(=O)Nc3ccccc32)C2C=Cc3cc(Cl)ccc3N12. The maximum Gasteiger partial charge on any atom is 0.238 e. The molecule has 3 aromatic carbocycles. The van der Waals surface area contributed by atoms with Gasteiger partial charge >= 0.3 is 0 Å². The Hall–Kier alpha value is -3.77. The van der Waals surface area contributed by atoms with E-state index in [1.54, 1.807) is 18.2 Å². The number of fused-ring (bicyclic) bond motifs is 6. The summed E-state index contributed by atoms with van der Waals surface area (Å²) >= 11 is 6.23. The van der Waals surface area contributed by atoms with Crippen molar-refractivity contribution in [3.63, 3.8) is 0 Å². The molecule has 3 aromatic rings. The van der Waals surface area contributed by atoms with Crippen LogP contribution in [0.25, 0.3) is 6.08 Å². The van der Waals surface area contributed by atoms with Crippen LogP contribution >= 0.6 is 11.6 Å². The predicted molar refractivity (Wildman–Crippen MR) is 132 cm³/mol. The van der Waals surface area contributed by atoms with Gasteiger partial charge in [-0.25, -0.2) is 4.39 Å². The number of carbonyl (C=O) groups is 3. The molecule has 174 valence electrons. The van der Waals surface area contributed by atoms with Gasteiger partial charge in [0, 0.05) is 22.0 Å². The molecule has 0 aromatic heterocycles. The number of anilines is 2. The molecule has 4 unspecified atom stereocenters. The number of nitrogens with zero attached hydrogens (tertiary/aromatic N) is 1. The van der Waals surface area contributed by atoms with Crippen LogP contribution in [0.5, 0.6) is 0 Å². The Balaban J connectivity index is 1.65. The first-order valence-corrected chi connectivity index (χ1v) is 11.7. The lowest BCUT2D eigenvalue weighted by atomic mass is 9.64. The van der Waals surface area contributed by atoms with Crippen molar-refractivity contribution in [2.45, 2.75) is 24.4 Å². The number of benzene rings is 3. The molecule has 0 saturated carbocycles.